The normalized spacial score (nSPS) is 26.6. The molecular weight excluding hydrogens is 206 g/mol. The van der Waals surface area contributed by atoms with Crippen molar-refractivity contribution in [1.29, 1.82) is 0 Å². The minimum absolute atomic E-state index is 0.698. The molecule has 1 N–H and O–H groups in total. The lowest BCUT2D eigenvalue weighted by Gasteiger charge is -2.31. The molecule has 0 saturated carbocycles. The number of benzene rings is 1. The summed E-state index contributed by atoms with van der Waals surface area (Å²) in [4.78, 5) is 0. The molecule has 82 valence electrons. The second-order valence-corrected chi connectivity index (χ2v) is 5.01. The van der Waals surface area contributed by atoms with E-state index < -0.39 is 0 Å². The Hall–Kier alpha value is -0.530. The molecule has 15 heavy (non-hydrogen) atoms. The van der Waals surface area contributed by atoms with E-state index in [1.165, 1.54) is 17.5 Å². The molecule has 0 bridgehead atoms. The van der Waals surface area contributed by atoms with Crippen LogP contribution in [0.1, 0.15) is 30.4 Å². The van der Waals surface area contributed by atoms with Crippen molar-refractivity contribution in [3.05, 3.63) is 34.3 Å². The van der Waals surface area contributed by atoms with Crippen LogP contribution in [-0.2, 0) is 0 Å². The molecular formula is C13H18ClN. The van der Waals surface area contributed by atoms with Gasteiger partial charge in [-0.2, -0.15) is 0 Å². The van der Waals surface area contributed by atoms with Crippen LogP contribution in [0.2, 0.25) is 5.02 Å². The summed E-state index contributed by atoms with van der Waals surface area (Å²) in [7, 11) is 0. The van der Waals surface area contributed by atoms with Gasteiger partial charge in [-0.25, -0.2) is 0 Å². The summed E-state index contributed by atoms with van der Waals surface area (Å²) in [6.45, 7) is 6.75. The molecule has 1 heterocycles. The number of halogens is 1. The third-order valence-corrected chi connectivity index (χ3v) is 3.65. The topological polar surface area (TPSA) is 12.0 Å². The van der Waals surface area contributed by atoms with Crippen molar-refractivity contribution in [3.8, 4) is 0 Å². The Kier molecular flexibility index (Phi) is 3.32. The Balaban J connectivity index is 2.27. The minimum Gasteiger partial charge on any atom is -0.316 e. The van der Waals surface area contributed by atoms with Gasteiger partial charge in [0.15, 0.2) is 0 Å². The van der Waals surface area contributed by atoms with Crippen LogP contribution < -0.4 is 5.32 Å². The molecule has 1 aromatic rings. The van der Waals surface area contributed by atoms with Gasteiger partial charge in [-0.1, -0.05) is 24.6 Å². The van der Waals surface area contributed by atoms with Gasteiger partial charge < -0.3 is 5.32 Å². The van der Waals surface area contributed by atoms with Crippen LogP contribution in [0.5, 0.6) is 0 Å². The third kappa shape index (κ3) is 2.35. The number of piperidine rings is 1. The first-order valence-corrected chi connectivity index (χ1v) is 6.03. The van der Waals surface area contributed by atoms with E-state index in [2.05, 4.69) is 31.3 Å². The first kappa shape index (κ1) is 11.0. The van der Waals surface area contributed by atoms with E-state index in [4.69, 9.17) is 11.6 Å². The smallest absolute Gasteiger partial charge is 0.0408 e. The van der Waals surface area contributed by atoms with Crippen LogP contribution in [-0.4, -0.2) is 13.1 Å². The fourth-order valence-electron chi connectivity index (χ4n) is 2.53. The highest BCUT2D eigenvalue weighted by molar-refractivity contribution is 6.30. The molecule has 0 aliphatic carbocycles. The number of aryl methyl sites for hydroxylation is 1. The molecule has 1 saturated heterocycles. The summed E-state index contributed by atoms with van der Waals surface area (Å²) in [5, 5.41) is 4.28. The first-order chi connectivity index (χ1) is 7.18. The molecule has 1 nitrogen and oxygen atoms in total. The molecule has 2 heteroatoms. The Labute approximate surface area is 96.8 Å². The number of nitrogens with one attached hydrogen (secondary N) is 1. The minimum atomic E-state index is 0.698. The first-order valence-electron chi connectivity index (χ1n) is 5.65. The largest absolute Gasteiger partial charge is 0.316 e. The van der Waals surface area contributed by atoms with Crippen molar-refractivity contribution in [2.24, 2.45) is 5.92 Å². The average Bonchev–Trinajstić information content (AvgIpc) is 2.20. The summed E-state index contributed by atoms with van der Waals surface area (Å²) in [6, 6.07) is 6.29. The molecule has 0 spiro atoms. The van der Waals surface area contributed by atoms with Crippen LogP contribution in [0.15, 0.2) is 18.2 Å². The molecule has 1 fully saturated rings. The van der Waals surface area contributed by atoms with E-state index in [0.717, 1.165) is 24.0 Å². The van der Waals surface area contributed by atoms with Crippen molar-refractivity contribution < 1.29 is 0 Å². The molecule has 1 aliphatic heterocycles. The maximum absolute atomic E-state index is 5.98. The maximum atomic E-state index is 5.98. The van der Waals surface area contributed by atoms with Gasteiger partial charge in [0.05, 0.1) is 0 Å². The van der Waals surface area contributed by atoms with E-state index >= 15 is 0 Å². The van der Waals surface area contributed by atoms with Gasteiger partial charge in [0, 0.05) is 5.02 Å². The van der Waals surface area contributed by atoms with Gasteiger partial charge in [0.2, 0.25) is 0 Å². The summed E-state index contributed by atoms with van der Waals surface area (Å²) >= 11 is 5.98. The quantitative estimate of drug-likeness (QED) is 0.770. The molecule has 1 aromatic carbocycles. The van der Waals surface area contributed by atoms with E-state index in [1.807, 2.05) is 6.07 Å². The van der Waals surface area contributed by atoms with Gasteiger partial charge in [-0.15, -0.1) is 0 Å². The fraction of sp³-hybridized carbons (Fsp3) is 0.538. The predicted octanol–water partition coefficient (Wildman–Crippen LogP) is 3.36. The molecule has 2 unspecified atom stereocenters. The van der Waals surface area contributed by atoms with Gasteiger partial charge in [-0.3, -0.25) is 0 Å². The predicted molar refractivity (Wildman–Crippen MR) is 65.6 cm³/mol. The maximum Gasteiger partial charge on any atom is 0.0408 e. The monoisotopic (exact) mass is 223 g/mol. The van der Waals surface area contributed by atoms with E-state index in [1.54, 1.807) is 0 Å². The highest BCUT2D eigenvalue weighted by atomic mass is 35.5. The Morgan fingerprint density at radius 2 is 2.20 bits per heavy atom. The van der Waals surface area contributed by atoms with Crippen molar-refractivity contribution in [2.45, 2.75) is 26.2 Å². The molecule has 0 amide bonds. The van der Waals surface area contributed by atoms with Gasteiger partial charge >= 0.3 is 0 Å². The number of rotatable bonds is 1. The second-order valence-electron chi connectivity index (χ2n) is 4.58. The molecule has 2 atom stereocenters. The zero-order chi connectivity index (χ0) is 10.8. The number of hydrogen-bond acceptors (Lipinski definition) is 1. The van der Waals surface area contributed by atoms with E-state index in [9.17, 15) is 0 Å². The average molecular weight is 224 g/mol. The lowest BCUT2D eigenvalue weighted by molar-refractivity contribution is 0.348. The Morgan fingerprint density at radius 1 is 1.40 bits per heavy atom. The summed E-state index contributed by atoms with van der Waals surface area (Å²) in [6.07, 6.45) is 1.24. The molecule has 0 aromatic heterocycles. The van der Waals surface area contributed by atoms with Crippen LogP contribution in [0.25, 0.3) is 0 Å². The Bertz CT molecular complexity index is 348. The van der Waals surface area contributed by atoms with Gasteiger partial charge in [0.1, 0.15) is 0 Å². The second kappa shape index (κ2) is 4.54. The highest BCUT2D eigenvalue weighted by Crippen LogP contribution is 2.32. The van der Waals surface area contributed by atoms with Gasteiger partial charge in [-0.05, 0) is 61.5 Å². The SMILES string of the molecule is Cc1cc(Cl)ccc1C1CCNCC1C. The van der Waals surface area contributed by atoms with Crippen molar-refractivity contribution in [1.82, 2.24) is 5.32 Å². The molecule has 0 radical (unpaired) electrons. The number of hydrogen-bond donors (Lipinski definition) is 1. The summed E-state index contributed by atoms with van der Waals surface area (Å²) in [5.41, 5.74) is 2.81. The van der Waals surface area contributed by atoms with Crippen LogP contribution >= 0.6 is 11.6 Å². The van der Waals surface area contributed by atoms with E-state index in [0.29, 0.717) is 5.92 Å². The van der Waals surface area contributed by atoms with Crippen LogP contribution in [0.3, 0.4) is 0 Å². The highest BCUT2D eigenvalue weighted by Gasteiger charge is 2.23. The zero-order valence-electron chi connectivity index (χ0n) is 9.39. The zero-order valence-corrected chi connectivity index (χ0v) is 10.1. The standard InChI is InChI=1S/C13H18ClN/c1-9-7-11(14)3-4-12(9)13-5-6-15-8-10(13)2/h3-4,7,10,13,15H,5-6,8H2,1-2H3. The third-order valence-electron chi connectivity index (χ3n) is 3.42. The van der Waals surface area contributed by atoms with Crippen molar-refractivity contribution in [3.63, 3.8) is 0 Å². The summed E-state index contributed by atoms with van der Waals surface area (Å²) in [5.74, 6) is 1.42. The van der Waals surface area contributed by atoms with Crippen LogP contribution in [0.4, 0.5) is 0 Å². The van der Waals surface area contributed by atoms with Gasteiger partial charge in [0.25, 0.3) is 0 Å². The molecule has 2 rings (SSSR count). The molecule has 1 aliphatic rings. The van der Waals surface area contributed by atoms with Crippen molar-refractivity contribution >= 4 is 11.6 Å². The Morgan fingerprint density at radius 3 is 2.87 bits per heavy atom. The lowest BCUT2D eigenvalue weighted by Crippen LogP contribution is -2.34. The summed E-state index contributed by atoms with van der Waals surface area (Å²) < 4.78 is 0. The lowest BCUT2D eigenvalue weighted by atomic mass is 9.80. The van der Waals surface area contributed by atoms with Crippen LogP contribution in [0, 0.1) is 12.8 Å². The van der Waals surface area contributed by atoms with Crippen molar-refractivity contribution in [2.75, 3.05) is 13.1 Å². The van der Waals surface area contributed by atoms with E-state index in [-0.39, 0.29) is 0 Å². The fourth-order valence-corrected chi connectivity index (χ4v) is 2.76.